The lowest BCUT2D eigenvalue weighted by Gasteiger charge is -2.07. The Bertz CT molecular complexity index is 989. The van der Waals surface area contributed by atoms with Crippen LogP contribution in [-0.4, -0.2) is 16.5 Å². The molecule has 2 heterocycles. The number of ether oxygens (including phenoxy) is 1. The Morgan fingerprint density at radius 1 is 0.875 bits per heavy atom. The van der Waals surface area contributed by atoms with Crippen molar-refractivity contribution in [2.75, 3.05) is 7.11 Å². The summed E-state index contributed by atoms with van der Waals surface area (Å²) in [5.41, 5.74) is 5.18. The summed E-state index contributed by atoms with van der Waals surface area (Å²) in [4.78, 5) is 4.85. The molecule has 2 aromatic carbocycles. The van der Waals surface area contributed by atoms with E-state index in [1.54, 1.807) is 7.11 Å². The largest absolute Gasteiger partial charge is 0.497 e. The molecule has 4 aromatic rings. The lowest BCUT2D eigenvalue weighted by molar-refractivity contribution is 0.415. The predicted octanol–water partition coefficient (Wildman–Crippen LogP) is 5.44. The van der Waals surface area contributed by atoms with E-state index in [-0.39, 0.29) is 0 Å². The highest BCUT2D eigenvalue weighted by molar-refractivity contribution is 9.10. The summed E-state index contributed by atoms with van der Waals surface area (Å²) >= 11 is 3.50. The summed E-state index contributed by atoms with van der Waals surface area (Å²) in [6.45, 7) is 0. The van der Waals surface area contributed by atoms with Gasteiger partial charge < -0.3 is 4.74 Å². The van der Waals surface area contributed by atoms with Gasteiger partial charge in [-0.1, -0.05) is 34.1 Å². The maximum Gasteiger partial charge on any atom is 0.137 e. The van der Waals surface area contributed by atoms with E-state index in [9.17, 15) is 0 Å². The molecule has 24 heavy (non-hydrogen) atoms. The smallest absolute Gasteiger partial charge is 0.137 e. The van der Waals surface area contributed by atoms with Gasteiger partial charge in [0.05, 0.1) is 18.5 Å². The number of rotatable bonds is 3. The maximum atomic E-state index is 5.26. The summed E-state index contributed by atoms with van der Waals surface area (Å²) in [6.07, 6.45) is 2.05. The fourth-order valence-corrected chi connectivity index (χ4v) is 3.09. The van der Waals surface area contributed by atoms with Crippen LogP contribution in [0.25, 0.3) is 28.2 Å². The van der Waals surface area contributed by atoms with Crippen molar-refractivity contribution in [2.45, 2.75) is 0 Å². The highest BCUT2D eigenvalue weighted by Gasteiger charge is 2.15. The number of hydrogen-bond acceptors (Lipinski definition) is 2. The van der Waals surface area contributed by atoms with Gasteiger partial charge in [-0.25, -0.2) is 4.98 Å². The van der Waals surface area contributed by atoms with E-state index < -0.39 is 0 Å². The molecular weight excluding hydrogens is 364 g/mol. The zero-order valence-corrected chi connectivity index (χ0v) is 14.7. The minimum absolute atomic E-state index is 0.840. The third kappa shape index (κ3) is 2.59. The van der Waals surface area contributed by atoms with Gasteiger partial charge in [0.25, 0.3) is 0 Å². The number of benzene rings is 2. The molecule has 3 nitrogen and oxygen atoms in total. The molecule has 0 aliphatic carbocycles. The van der Waals surface area contributed by atoms with E-state index in [4.69, 9.17) is 9.72 Å². The molecule has 4 heteroatoms. The highest BCUT2D eigenvalue weighted by Crippen LogP contribution is 2.34. The fraction of sp³-hybridized carbons (Fsp3) is 0.0500. The van der Waals surface area contributed by atoms with E-state index in [0.29, 0.717) is 0 Å². The van der Waals surface area contributed by atoms with Crippen LogP contribution in [0.2, 0.25) is 0 Å². The summed E-state index contributed by atoms with van der Waals surface area (Å²) < 4.78 is 8.45. The molecule has 0 unspecified atom stereocenters. The number of nitrogens with zero attached hydrogens (tertiary/aromatic N) is 2. The number of fused-ring (bicyclic) bond motifs is 1. The zero-order chi connectivity index (χ0) is 16.5. The number of hydrogen-bond donors (Lipinski definition) is 0. The molecule has 0 radical (unpaired) electrons. The van der Waals surface area contributed by atoms with Gasteiger partial charge in [-0.05, 0) is 48.5 Å². The monoisotopic (exact) mass is 378 g/mol. The zero-order valence-electron chi connectivity index (χ0n) is 13.1. The van der Waals surface area contributed by atoms with Crippen molar-refractivity contribution in [1.29, 1.82) is 0 Å². The van der Waals surface area contributed by atoms with Crippen LogP contribution >= 0.6 is 15.9 Å². The topological polar surface area (TPSA) is 26.5 Å². The van der Waals surface area contributed by atoms with Gasteiger partial charge in [-0.15, -0.1) is 0 Å². The molecule has 0 spiro atoms. The number of methoxy groups -OCH3 is 1. The average Bonchev–Trinajstić information content (AvgIpc) is 3.02. The maximum absolute atomic E-state index is 5.26. The number of pyridine rings is 1. The van der Waals surface area contributed by atoms with Gasteiger partial charge in [0.1, 0.15) is 11.4 Å². The SMILES string of the molecule is COc1ccc(-c2nc3ccccn3c2-c2ccc(Br)cc2)cc1. The summed E-state index contributed by atoms with van der Waals surface area (Å²) in [6, 6.07) is 22.4. The first-order valence-corrected chi connectivity index (χ1v) is 8.43. The molecule has 0 N–H and O–H groups in total. The van der Waals surface area contributed by atoms with E-state index in [1.165, 1.54) is 0 Å². The summed E-state index contributed by atoms with van der Waals surface area (Å²) in [5, 5.41) is 0. The summed E-state index contributed by atoms with van der Waals surface area (Å²) in [5.74, 6) is 0.840. The molecule has 0 atom stereocenters. The molecule has 0 amide bonds. The van der Waals surface area contributed by atoms with Crippen LogP contribution in [0.3, 0.4) is 0 Å². The van der Waals surface area contributed by atoms with E-state index in [2.05, 4.69) is 44.6 Å². The van der Waals surface area contributed by atoms with Crippen LogP contribution in [0.1, 0.15) is 0 Å². The molecular formula is C20H15BrN2O. The lowest BCUT2D eigenvalue weighted by Crippen LogP contribution is -1.89. The van der Waals surface area contributed by atoms with Gasteiger partial charge in [-0.3, -0.25) is 4.40 Å². The summed E-state index contributed by atoms with van der Waals surface area (Å²) in [7, 11) is 1.67. The predicted molar refractivity (Wildman–Crippen MR) is 100 cm³/mol. The lowest BCUT2D eigenvalue weighted by atomic mass is 10.0. The van der Waals surface area contributed by atoms with Crippen LogP contribution in [0.5, 0.6) is 5.75 Å². The Morgan fingerprint density at radius 2 is 1.58 bits per heavy atom. The van der Waals surface area contributed by atoms with E-state index in [0.717, 1.165) is 38.4 Å². The van der Waals surface area contributed by atoms with E-state index >= 15 is 0 Å². The van der Waals surface area contributed by atoms with Crippen molar-refractivity contribution in [3.8, 4) is 28.3 Å². The Labute approximate surface area is 148 Å². The van der Waals surface area contributed by atoms with Crippen molar-refractivity contribution >= 4 is 21.6 Å². The second-order valence-corrected chi connectivity index (χ2v) is 6.39. The van der Waals surface area contributed by atoms with Crippen LogP contribution < -0.4 is 4.74 Å². The molecule has 0 aliphatic heterocycles. The highest BCUT2D eigenvalue weighted by atomic mass is 79.9. The molecule has 0 bridgehead atoms. The first-order valence-electron chi connectivity index (χ1n) is 7.64. The second-order valence-electron chi connectivity index (χ2n) is 5.47. The van der Waals surface area contributed by atoms with Crippen molar-refractivity contribution in [1.82, 2.24) is 9.38 Å². The number of halogens is 1. The normalized spacial score (nSPS) is 10.9. The molecule has 0 fully saturated rings. The van der Waals surface area contributed by atoms with Gasteiger partial charge in [0, 0.05) is 21.8 Å². The molecule has 118 valence electrons. The Kier molecular flexibility index (Phi) is 3.82. The number of imidazole rings is 1. The third-order valence-corrected chi connectivity index (χ3v) is 4.54. The molecule has 4 rings (SSSR count). The minimum atomic E-state index is 0.840. The standard InChI is InChI=1S/C20H15BrN2O/c1-24-17-11-7-14(8-12-17)19-20(15-5-9-16(21)10-6-15)23-13-3-2-4-18(23)22-19/h2-13H,1H3. The number of aromatic nitrogens is 2. The molecule has 2 aromatic heterocycles. The first kappa shape index (κ1) is 15.0. The Morgan fingerprint density at radius 3 is 2.29 bits per heavy atom. The van der Waals surface area contributed by atoms with Gasteiger partial charge in [-0.2, -0.15) is 0 Å². The van der Waals surface area contributed by atoms with Crippen LogP contribution in [0, 0.1) is 0 Å². The van der Waals surface area contributed by atoms with Crippen LogP contribution in [0.15, 0.2) is 77.4 Å². The van der Waals surface area contributed by atoms with Crippen LogP contribution in [0.4, 0.5) is 0 Å². The first-order chi connectivity index (χ1) is 11.8. The average molecular weight is 379 g/mol. The van der Waals surface area contributed by atoms with Crippen molar-refractivity contribution in [2.24, 2.45) is 0 Å². The van der Waals surface area contributed by atoms with Gasteiger partial charge in [0.15, 0.2) is 0 Å². The van der Waals surface area contributed by atoms with Crippen molar-refractivity contribution in [3.63, 3.8) is 0 Å². The molecule has 0 saturated heterocycles. The van der Waals surface area contributed by atoms with Crippen molar-refractivity contribution < 1.29 is 4.74 Å². The second kappa shape index (κ2) is 6.13. The van der Waals surface area contributed by atoms with Gasteiger partial charge in [0.2, 0.25) is 0 Å². The Hall–Kier alpha value is -2.59. The Balaban J connectivity index is 1.97. The quantitative estimate of drug-likeness (QED) is 0.474. The van der Waals surface area contributed by atoms with Crippen molar-refractivity contribution in [3.05, 3.63) is 77.4 Å². The van der Waals surface area contributed by atoms with E-state index in [1.807, 2.05) is 48.7 Å². The third-order valence-electron chi connectivity index (χ3n) is 4.01. The molecule has 0 aliphatic rings. The minimum Gasteiger partial charge on any atom is -0.497 e. The van der Waals surface area contributed by atoms with Crippen LogP contribution in [-0.2, 0) is 0 Å². The van der Waals surface area contributed by atoms with Gasteiger partial charge >= 0.3 is 0 Å². The fourth-order valence-electron chi connectivity index (χ4n) is 2.83. The molecule has 0 saturated carbocycles.